The highest BCUT2D eigenvalue weighted by Gasteiger charge is 2.24. The first-order chi connectivity index (χ1) is 8.81. The number of carbonyl (C=O) groups is 1. The average Bonchev–Trinajstić information content (AvgIpc) is 2.93. The lowest BCUT2D eigenvalue weighted by Crippen LogP contribution is -2.49. The zero-order valence-corrected chi connectivity index (χ0v) is 13.1. The second-order valence-electron chi connectivity index (χ2n) is 4.75. The minimum absolute atomic E-state index is 0. The number of thiophene rings is 1. The average molecular weight is 303 g/mol. The maximum Gasteiger partial charge on any atom is 0.239 e. The molecule has 1 aromatic rings. The van der Waals surface area contributed by atoms with Gasteiger partial charge < -0.3 is 10.2 Å². The molecule has 0 radical (unpaired) electrons. The van der Waals surface area contributed by atoms with Gasteiger partial charge in [-0.2, -0.15) is 0 Å². The molecule has 0 aromatic carbocycles. The SMILES string of the molecule is CCN(CCc1cccs1)C(=O)C1CCCCN1.Cl. The monoisotopic (exact) mass is 302 g/mol. The van der Waals surface area contributed by atoms with Gasteiger partial charge in [0.25, 0.3) is 0 Å². The molecule has 19 heavy (non-hydrogen) atoms. The second-order valence-corrected chi connectivity index (χ2v) is 5.78. The number of likely N-dealkylation sites (N-methyl/N-ethyl adjacent to an activating group) is 1. The van der Waals surface area contributed by atoms with Gasteiger partial charge in [0.2, 0.25) is 5.91 Å². The van der Waals surface area contributed by atoms with Crippen molar-refractivity contribution in [1.29, 1.82) is 0 Å². The van der Waals surface area contributed by atoms with Crippen LogP contribution < -0.4 is 5.32 Å². The van der Waals surface area contributed by atoms with E-state index in [9.17, 15) is 4.79 Å². The summed E-state index contributed by atoms with van der Waals surface area (Å²) in [6, 6.07) is 4.27. The van der Waals surface area contributed by atoms with Crippen molar-refractivity contribution in [2.45, 2.75) is 38.6 Å². The van der Waals surface area contributed by atoms with E-state index < -0.39 is 0 Å². The highest BCUT2D eigenvalue weighted by Crippen LogP contribution is 2.13. The lowest BCUT2D eigenvalue weighted by atomic mass is 10.0. The Bertz CT molecular complexity index is 364. The van der Waals surface area contributed by atoms with Gasteiger partial charge >= 0.3 is 0 Å². The standard InChI is InChI=1S/C14H22N2OS.ClH/c1-2-16(10-8-12-6-5-11-18-12)14(17)13-7-3-4-9-15-13;/h5-6,11,13,15H,2-4,7-10H2,1H3;1H. The second kappa shape index (κ2) is 8.56. The summed E-state index contributed by atoms with van der Waals surface area (Å²) in [5, 5.41) is 5.43. The van der Waals surface area contributed by atoms with E-state index in [1.807, 2.05) is 4.90 Å². The molecule has 1 N–H and O–H groups in total. The van der Waals surface area contributed by atoms with Crippen LogP contribution in [0.25, 0.3) is 0 Å². The molecule has 1 aliphatic rings. The van der Waals surface area contributed by atoms with Gasteiger partial charge in [0.15, 0.2) is 0 Å². The van der Waals surface area contributed by atoms with Crippen molar-refractivity contribution in [2.24, 2.45) is 0 Å². The molecule has 5 heteroatoms. The normalized spacial score (nSPS) is 18.7. The Hall–Kier alpha value is -0.580. The Balaban J connectivity index is 0.00000180. The van der Waals surface area contributed by atoms with Crippen molar-refractivity contribution in [2.75, 3.05) is 19.6 Å². The number of nitrogens with one attached hydrogen (secondary N) is 1. The summed E-state index contributed by atoms with van der Waals surface area (Å²) in [4.78, 5) is 15.7. The summed E-state index contributed by atoms with van der Waals surface area (Å²) in [6.07, 6.45) is 4.34. The zero-order chi connectivity index (χ0) is 12.8. The molecule has 0 aliphatic carbocycles. The number of rotatable bonds is 5. The molecular weight excluding hydrogens is 280 g/mol. The van der Waals surface area contributed by atoms with E-state index in [2.05, 4.69) is 29.8 Å². The van der Waals surface area contributed by atoms with Crippen LogP contribution in [0.2, 0.25) is 0 Å². The number of piperidine rings is 1. The van der Waals surface area contributed by atoms with Gasteiger partial charge in [-0.1, -0.05) is 12.5 Å². The van der Waals surface area contributed by atoms with E-state index >= 15 is 0 Å². The van der Waals surface area contributed by atoms with Crippen LogP contribution in [0.5, 0.6) is 0 Å². The molecule has 1 atom stereocenters. The first-order valence-electron chi connectivity index (χ1n) is 6.86. The number of hydrogen-bond donors (Lipinski definition) is 1. The van der Waals surface area contributed by atoms with Crippen LogP contribution in [0, 0.1) is 0 Å². The van der Waals surface area contributed by atoms with Gasteiger partial charge in [0.05, 0.1) is 6.04 Å². The molecule has 1 amide bonds. The fraction of sp³-hybridized carbons (Fsp3) is 0.643. The molecule has 1 saturated heterocycles. The molecular formula is C14H23ClN2OS. The Morgan fingerprint density at radius 3 is 2.95 bits per heavy atom. The van der Waals surface area contributed by atoms with Crippen LogP contribution in [0.3, 0.4) is 0 Å². The third kappa shape index (κ3) is 4.79. The van der Waals surface area contributed by atoms with Crippen LogP contribution in [0.1, 0.15) is 31.1 Å². The van der Waals surface area contributed by atoms with Gasteiger partial charge in [-0.25, -0.2) is 0 Å². The Kier molecular flexibility index (Phi) is 7.42. The van der Waals surface area contributed by atoms with Crippen LogP contribution in [-0.2, 0) is 11.2 Å². The Morgan fingerprint density at radius 1 is 1.53 bits per heavy atom. The molecule has 2 rings (SSSR count). The smallest absolute Gasteiger partial charge is 0.239 e. The Morgan fingerprint density at radius 2 is 2.37 bits per heavy atom. The predicted octanol–water partition coefficient (Wildman–Crippen LogP) is 2.70. The first kappa shape index (κ1) is 16.5. The van der Waals surface area contributed by atoms with Gasteiger partial charge in [0, 0.05) is 18.0 Å². The maximum absolute atomic E-state index is 12.4. The van der Waals surface area contributed by atoms with Gasteiger partial charge in [-0.05, 0) is 44.2 Å². The number of carbonyl (C=O) groups excluding carboxylic acids is 1. The predicted molar refractivity (Wildman–Crippen MR) is 83.2 cm³/mol. The van der Waals surface area contributed by atoms with Crippen molar-refractivity contribution in [3.05, 3.63) is 22.4 Å². The van der Waals surface area contributed by atoms with E-state index in [-0.39, 0.29) is 24.4 Å². The van der Waals surface area contributed by atoms with Crippen molar-refractivity contribution in [1.82, 2.24) is 10.2 Å². The number of amides is 1. The number of hydrogen-bond acceptors (Lipinski definition) is 3. The van der Waals surface area contributed by atoms with Crippen molar-refractivity contribution in [3.63, 3.8) is 0 Å². The van der Waals surface area contributed by atoms with Crippen molar-refractivity contribution >= 4 is 29.7 Å². The summed E-state index contributed by atoms with van der Waals surface area (Å²) in [6.45, 7) is 4.70. The van der Waals surface area contributed by atoms with Crippen LogP contribution in [0.4, 0.5) is 0 Å². The fourth-order valence-electron chi connectivity index (χ4n) is 2.41. The minimum Gasteiger partial charge on any atom is -0.341 e. The lowest BCUT2D eigenvalue weighted by molar-refractivity contribution is -0.133. The summed E-state index contributed by atoms with van der Waals surface area (Å²) < 4.78 is 0. The molecule has 0 spiro atoms. The molecule has 2 heterocycles. The molecule has 3 nitrogen and oxygen atoms in total. The summed E-state index contributed by atoms with van der Waals surface area (Å²) in [7, 11) is 0. The number of nitrogens with zero attached hydrogens (tertiary/aromatic N) is 1. The van der Waals surface area contributed by atoms with Crippen molar-refractivity contribution < 1.29 is 4.79 Å². The van der Waals surface area contributed by atoms with E-state index in [1.165, 1.54) is 17.7 Å². The Labute approximate surface area is 125 Å². The summed E-state index contributed by atoms with van der Waals surface area (Å²) in [5.74, 6) is 0.286. The van der Waals surface area contributed by atoms with Gasteiger partial charge in [0.1, 0.15) is 0 Å². The molecule has 1 aliphatic heterocycles. The molecule has 0 bridgehead atoms. The van der Waals surface area contributed by atoms with Crippen LogP contribution >= 0.6 is 23.7 Å². The molecule has 1 unspecified atom stereocenters. The number of halogens is 1. The topological polar surface area (TPSA) is 32.3 Å². The molecule has 1 fully saturated rings. The molecule has 1 aromatic heterocycles. The summed E-state index contributed by atoms with van der Waals surface area (Å²) in [5.41, 5.74) is 0. The van der Waals surface area contributed by atoms with E-state index in [0.717, 1.165) is 32.5 Å². The largest absolute Gasteiger partial charge is 0.341 e. The van der Waals surface area contributed by atoms with Gasteiger partial charge in [-0.3, -0.25) is 4.79 Å². The van der Waals surface area contributed by atoms with E-state index in [4.69, 9.17) is 0 Å². The van der Waals surface area contributed by atoms with E-state index in [1.54, 1.807) is 11.3 Å². The van der Waals surface area contributed by atoms with E-state index in [0.29, 0.717) is 0 Å². The highest BCUT2D eigenvalue weighted by molar-refractivity contribution is 7.09. The summed E-state index contributed by atoms with van der Waals surface area (Å²) >= 11 is 1.77. The lowest BCUT2D eigenvalue weighted by Gasteiger charge is -2.29. The van der Waals surface area contributed by atoms with Crippen LogP contribution in [-0.4, -0.2) is 36.5 Å². The quantitative estimate of drug-likeness (QED) is 0.907. The van der Waals surface area contributed by atoms with Crippen LogP contribution in [0.15, 0.2) is 17.5 Å². The zero-order valence-electron chi connectivity index (χ0n) is 11.4. The molecule has 0 saturated carbocycles. The third-order valence-electron chi connectivity index (χ3n) is 3.51. The third-order valence-corrected chi connectivity index (χ3v) is 4.45. The van der Waals surface area contributed by atoms with Gasteiger partial charge in [-0.15, -0.1) is 23.7 Å². The molecule has 108 valence electrons. The fourth-order valence-corrected chi connectivity index (χ4v) is 3.11. The highest BCUT2D eigenvalue weighted by atomic mass is 35.5. The maximum atomic E-state index is 12.4. The first-order valence-corrected chi connectivity index (χ1v) is 7.73. The van der Waals surface area contributed by atoms with Crippen molar-refractivity contribution in [3.8, 4) is 0 Å². The minimum atomic E-state index is 0.